The van der Waals surface area contributed by atoms with Gasteiger partial charge >= 0.3 is 0 Å². The SMILES string of the molecule is CN=C(NCCc1ccc(S(C)(=O)=O)cc1)NCc1cccc(OC2CCCCC2)c1.I. The Bertz CT molecular complexity index is 972. The van der Waals surface area contributed by atoms with Gasteiger partial charge in [0, 0.05) is 26.4 Å². The van der Waals surface area contributed by atoms with Gasteiger partial charge in [0.15, 0.2) is 15.8 Å². The summed E-state index contributed by atoms with van der Waals surface area (Å²) in [6.45, 7) is 1.35. The molecule has 0 bridgehead atoms. The van der Waals surface area contributed by atoms with Gasteiger partial charge in [-0.25, -0.2) is 8.42 Å². The minimum atomic E-state index is -3.16. The van der Waals surface area contributed by atoms with Crippen molar-refractivity contribution in [1.29, 1.82) is 0 Å². The number of halogens is 1. The van der Waals surface area contributed by atoms with Crippen LogP contribution in [0.2, 0.25) is 0 Å². The van der Waals surface area contributed by atoms with Gasteiger partial charge in [0.1, 0.15) is 5.75 Å². The van der Waals surface area contributed by atoms with Gasteiger partial charge in [-0.2, -0.15) is 0 Å². The van der Waals surface area contributed by atoms with Gasteiger partial charge in [-0.15, -0.1) is 24.0 Å². The summed E-state index contributed by atoms with van der Waals surface area (Å²) in [5.74, 6) is 1.66. The number of nitrogens with zero attached hydrogens (tertiary/aromatic N) is 1. The molecule has 2 aromatic carbocycles. The summed E-state index contributed by atoms with van der Waals surface area (Å²) in [6.07, 6.45) is 8.48. The summed E-state index contributed by atoms with van der Waals surface area (Å²) >= 11 is 0. The molecule has 1 aliphatic rings. The smallest absolute Gasteiger partial charge is 0.191 e. The molecule has 1 fully saturated rings. The first kappa shape index (κ1) is 26.4. The fourth-order valence-corrected chi connectivity index (χ4v) is 4.37. The molecule has 0 spiro atoms. The average Bonchev–Trinajstić information content (AvgIpc) is 2.77. The number of hydrogen-bond acceptors (Lipinski definition) is 4. The number of ether oxygens (including phenoxy) is 1. The van der Waals surface area contributed by atoms with Gasteiger partial charge in [0.05, 0.1) is 11.0 Å². The Kier molecular flexibility index (Phi) is 10.8. The molecule has 176 valence electrons. The Hall–Kier alpha value is -1.81. The van der Waals surface area contributed by atoms with E-state index < -0.39 is 9.84 Å². The molecule has 0 aliphatic heterocycles. The fourth-order valence-electron chi connectivity index (χ4n) is 3.74. The van der Waals surface area contributed by atoms with Gasteiger partial charge in [0.25, 0.3) is 0 Å². The molecule has 1 aliphatic carbocycles. The van der Waals surface area contributed by atoms with E-state index in [2.05, 4.69) is 27.8 Å². The lowest BCUT2D eigenvalue weighted by atomic mass is 9.98. The van der Waals surface area contributed by atoms with Gasteiger partial charge in [-0.3, -0.25) is 4.99 Å². The van der Waals surface area contributed by atoms with E-state index in [1.165, 1.54) is 25.5 Å². The van der Waals surface area contributed by atoms with Gasteiger partial charge in [-0.1, -0.05) is 30.7 Å². The molecule has 2 N–H and O–H groups in total. The molecule has 0 atom stereocenters. The van der Waals surface area contributed by atoms with Crippen LogP contribution in [-0.2, 0) is 22.8 Å². The highest BCUT2D eigenvalue weighted by atomic mass is 127. The van der Waals surface area contributed by atoms with Gasteiger partial charge in [0.2, 0.25) is 0 Å². The third-order valence-electron chi connectivity index (χ3n) is 5.49. The highest BCUT2D eigenvalue weighted by Gasteiger charge is 2.14. The normalized spacial score (nSPS) is 15.0. The van der Waals surface area contributed by atoms with Gasteiger partial charge in [-0.05, 0) is 67.5 Å². The van der Waals surface area contributed by atoms with E-state index in [4.69, 9.17) is 4.74 Å². The van der Waals surface area contributed by atoms with E-state index in [9.17, 15) is 8.42 Å². The lowest BCUT2D eigenvalue weighted by Crippen LogP contribution is -2.37. The molecule has 2 aromatic rings. The Morgan fingerprint density at radius 2 is 1.75 bits per heavy atom. The van der Waals surface area contributed by atoms with E-state index in [0.29, 0.717) is 24.1 Å². The second-order valence-electron chi connectivity index (χ2n) is 8.04. The van der Waals surface area contributed by atoms with Crippen molar-refractivity contribution in [2.45, 2.75) is 56.1 Å². The lowest BCUT2D eigenvalue weighted by Gasteiger charge is -2.23. The van der Waals surface area contributed by atoms with Crippen LogP contribution in [0.5, 0.6) is 5.75 Å². The van der Waals surface area contributed by atoms with E-state index in [1.807, 2.05) is 24.3 Å². The zero-order valence-electron chi connectivity index (χ0n) is 18.8. The lowest BCUT2D eigenvalue weighted by molar-refractivity contribution is 0.155. The summed E-state index contributed by atoms with van der Waals surface area (Å²) in [6, 6.07) is 15.2. The van der Waals surface area contributed by atoms with Crippen LogP contribution in [0.15, 0.2) is 58.4 Å². The zero-order chi connectivity index (χ0) is 22.1. The van der Waals surface area contributed by atoms with Crippen LogP contribution in [0.25, 0.3) is 0 Å². The molecule has 6 nitrogen and oxygen atoms in total. The summed E-state index contributed by atoms with van der Waals surface area (Å²) in [5.41, 5.74) is 2.22. The molecule has 0 unspecified atom stereocenters. The maximum absolute atomic E-state index is 11.6. The highest BCUT2D eigenvalue weighted by Crippen LogP contribution is 2.23. The van der Waals surface area contributed by atoms with Crippen molar-refractivity contribution in [3.63, 3.8) is 0 Å². The molecular weight excluding hydrogens is 537 g/mol. The van der Waals surface area contributed by atoms with E-state index in [1.54, 1.807) is 19.2 Å². The number of guanidine groups is 1. The summed E-state index contributed by atoms with van der Waals surface area (Å²) in [7, 11) is -1.41. The van der Waals surface area contributed by atoms with Crippen molar-refractivity contribution < 1.29 is 13.2 Å². The van der Waals surface area contributed by atoms with Crippen LogP contribution in [0.3, 0.4) is 0 Å². The summed E-state index contributed by atoms with van der Waals surface area (Å²) in [5, 5.41) is 6.64. The van der Waals surface area contributed by atoms with Crippen LogP contribution in [0, 0.1) is 0 Å². The largest absolute Gasteiger partial charge is 0.490 e. The molecule has 0 radical (unpaired) electrons. The number of sulfone groups is 1. The topological polar surface area (TPSA) is 79.8 Å². The predicted molar refractivity (Wildman–Crippen MR) is 141 cm³/mol. The number of aliphatic imine (C=N–C) groups is 1. The van der Waals surface area contributed by atoms with Crippen molar-refractivity contribution in [2.24, 2.45) is 4.99 Å². The van der Waals surface area contributed by atoms with Crippen LogP contribution in [0.4, 0.5) is 0 Å². The second kappa shape index (κ2) is 13.0. The van der Waals surface area contributed by atoms with E-state index >= 15 is 0 Å². The quantitative estimate of drug-likeness (QED) is 0.280. The zero-order valence-corrected chi connectivity index (χ0v) is 22.0. The minimum absolute atomic E-state index is 0. The molecule has 32 heavy (non-hydrogen) atoms. The monoisotopic (exact) mass is 571 g/mol. The molecule has 0 aromatic heterocycles. The molecule has 3 rings (SSSR count). The molecule has 0 saturated heterocycles. The minimum Gasteiger partial charge on any atom is -0.490 e. The molecule has 1 saturated carbocycles. The summed E-state index contributed by atoms with van der Waals surface area (Å²) < 4.78 is 29.3. The second-order valence-corrected chi connectivity index (χ2v) is 10.1. The Morgan fingerprint density at radius 1 is 1.03 bits per heavy atom. The third-order valence-corrected chi connectivity index (χ3v) is 6.62. The number of nitrogens with one attached hydrogen (secondary N) is 2. The number of benzene rings is 2. The molecule has 8 heteroatoms. The Labute approximate surface area is 209 Å². The number of rotatable bonds is 8. The molecule has 0 amide bonds. The van der Waals surface area contributed by atoms with E-state index in [-0.39, 0.29) is 24.0 Å². The summed E-state index contributed by atoms with van der Waals surface area (Å²) in [4.78, 5) is 4.62. The first-order chi connectivity index (χ1) is 14.9. The molecular formula is C24H34IN3O3S. The van der Waals surface area contributed by atoms with Crippen molar-refractivity contribution >= 4 is 39.8 Å². The Balaban J connectivity index is 0.00000363. The first-order valence-electron chi connectivity index (χ1n) is 10.9. The standard InChI is InChI=1S/C24H33N3O3S.HI/c1-25-24(26-16-15-19-11-13-23(14-12-19)31(2,28)29)27-18-20-7-6-10-22(17-20)30-21-8-4-3-5-9-21;/h6-7,10-14,17,21H,3-5,8-9,15-16,18H2,1-2H3,(H2,25,26,27);1H. The van der Waals surface area contributed by atoms with Crippen LogP contribution >= 0.6 is 24.0 Å². The Morgan fingerprint density at radius 3 is 2.41 bits per heavy atom. The highest BCUT2D eigenvalue weighted by molar-refractivity contribution is 14.0. The number of hydrogen-bond donors (Lipinski definition) is 2. The first-order valence-corrected chi connectivity index (χ1v) is 12.8. The fraction of sp³-hybridized carbons (Fsp3) is 0.458. The van der Waals surface area contributed by atoms with Crippen molar-refractivity contribution in [2.75, 3.05) is 19.8 Å². The van der Waals surface area contributed by atoms with Crippen molar-refractivity contribution in [1.82, 2.24) is 10.6 Å². The van der Waals surface area contributed by atoms with E-state index in [0.717, 1.165) is 42.1 Å². The van der Waals surface area contributed by atoms with Crippen molar-refractivity contribution in [3.05, 3.63) is 59.7 Å². The van der Waals surface area contributed by atoms with Crippen molar-refractivity contribution in [3.8, 4) is 5.75 Å². The van der Waals surface area contributed by atoms with Gasteiger partial charge < -0.3 is 15.4 Å². The maximum atomic E-state index is 11.6. The molecule has 0 heterocycles. The predicted octanol–water partition coefficient (Wildman–Crippen LogP) is 4.33. The third kappa shape index (κ3) is 8.61. The average molecular weight is 572 g/mol. The van der Waals surface area contributed by atoms with Crippen LogP contribution in [-0.4, -0.2) is 40.3 Å². The maximum Gasteiger partial charge on any atom is 0.191 e. The van der Waals surface area contributed by atoms with Crippen LogP contribution in [0.1, 0.15) is 43.2 Å². The van der Waals surface area contributed by atoms with Crippen LogP contribution < -0.4 is 15.4 Å².